The third kappa shape index (κ3) is 5.65. The van der Waals surface area contributed by atoms with E-state index in [0.717, 1.165) is 17.1 Å². The van der Waals surface area contributed by atoms with E-state index < -0.39 is 5.41 Å². The maximum atomic E-state index is 2.44. The van der Waals surface area contributed by atoms with E-state index in [4.69, 9.17) is 0 Å². The maximum absolute atomic E-state index is 2.44. The fraction of sp³-hybridized carbons (Fsp3) is 0.0182. The number of anilines is 3. The summed E-state index contributed by atoms with van der Waals surface area (Å²) in [5, 5.41) is 0. The van der Waals surface area contributed by atoms with E-state index in [0.29, 0.717) is 0 Å². The zero-order valence-electron chi connectivity index (χ0n) is 31.0. The first kappa shape index (κ1) is 33.4. The zero-order chi connectivity index (χ0) is 37.3. The van der Waals surface area contributed by atoms with Crippen molar-refractivity contribution >= 4 is 17.1 Å². The number of benzene rings is 9. The van der Waals surface area contributed by atoms with Crippen LogP contribution in [0.1, 0.15) is 22.3 Å². The van der Waals surface area contributed by atoms with Crippen LogP contribution in [0.2, 0.25) is 0 Å². The molecule has 0 N–H and O–H groups in total. The SMILES string of the molecule is c1ccc(-c2ccc(N(c3ccc(-c4ccccc4)cc3)c3cccc4c3-c3ccccc3C4(c3ccccc3)c3ccc(-c4ccccc4)cc3)cc2)cc1. The minimum atomic E-state index is -0.529. The quantitative estimate of drug-likeness (QED) is 0.152. The lowest BCUT2D eigenvalue weighted by molar-refractivity contribution is 0.768. The number of nitrogens with zero attached hydrogens (tertiary/aromatic N) is 1. The lowest BCUT2D eigenvalue weighted by Crippen LogP contribution is -2.28. The van der Waals surface area contributed by atoms with Gasteiger partial charge in [-0.05, 0) is 91.5 Å². The molecule has 9 aromatic rings. The van der Waals surface area contributed by atoms with Crippen LogP contribution < -0.4 is 4.90 Å². The van der Waals surface area contributed by atoms with Gasteiger partial charge in [0.25, 0.3) is 0 Å². The first-order valence-corrected chi connectivity index (χ1v) is 19.3. The van der Waals surface area contributed by atoms with Crippen LogP contribution in [0.25, 0.3) is 44.5 Å². The molecule has 56 heavy (non-hydrogen) atoms. The number of hydrogen-bond acceptors (Lipinski definition) is 1. The highest BCUT2D eigenvalue weighted by Crippen LogP contribution is 2.59. The normalized spacial score (nSPS) is 14.1. The summed E-state index contributed by atoms with van der Waals surface area (Å²) in [6.07, 6.45) is 0. The highest BCUT2D eigenvalue weighted by atomic mass is 15.1. The van der Waals surface area contributed by atoms with Gasteiger partial charge >= 0.3 is 0 Å². The summed E-state index contributed by atoms with van der Waals surface area (Å²) in [4.78, 5) is 2.44. The summed E-state index contributed by atoms with van der Waals surface area (Å²) in [6, 6.07) is 86.2. The molecule has 1 nitrogen and oxygen atoms in total. The standard InChI is InChI=1S/C55H39N/c1-5-16-40(17-6-1)43-28-34-47(35-29-43)55(46-22-11-4-12-23-46)51-25-14-13-24-50(51)54-52(55)26-15-27-53(54)56(48-36-30-44(31-37-48)41-18-7-2-8-19-41)49-38-32-45(33-39-49)42-20-9-3-10-21-42/h1-39H. The van der Waals surface area contributed by atoms with Crippen LogP contribution in [0.15, 0.2) is 237 Å². The molecule has 0 saturated heterocycles. The van der Waals surface area contributed by atoms with E-state index in [9.17, 15) is 0 Å². The summed E-state index contributed by atoms with van der Waals surface area (Å²) < 4.78 is 0. The Labute approximate surface area is 329 Å². The van der Waals surface area contributed by atoms with Gasteiger partial charge in [0.1, 0.15) is 0 Å². The average Bonchev–Trinajstić information content (AvgIpc) is 3.60. The van der Waals surface area contributed by atoms with Crippen molar-refractivity contribution in [2.75, 3.05) is 4.90 Å². The van der Waals surface area contributed by atoms with Gasteiger partial charge in [-0.15, -0.1) is 0 Å². The summed E-state index contributed by atoms with van der Waals surface area (Å²) in [5.74, 6) is 0. The highest BCUT2D eigenvalue weighted by Gasteiger charge is 2.47. The molecule has 0 aliphatic heterocycles. The third-order valence-corrected chi connectivity index (χ3v) is 11.4. The van der Waals surface area contributed by atoms with Crippen molar-refractivity contribution in [2.24, 2.45) is 0 Å². The van der Waals surface area contributed by atoms with Crippen molar-refractivity contribution in [3.63, 3.8) is 0 Å². The van der Waals surface area contributed by atoms with Crippen molar-refractivity contribution in [3.8, 4) is 44.5 Å². The molecule has 9 aromatic carbocycles. The second-order valence-electron chi connectivity index (χ2n) is 14.5. The Morgan fingerprint density at radius 3 is 1.14 bits per heavy atom. The van der Waals surface area contributed by atoms with E-state index in [-0.39, 0.29) is 0 Å². The summed E-state index contributed by atoms with van der Waals surface area (Å²) in [6.45, 7) is 0. The van der Waals surface area contributed by atoms with Crippen LogP contribution >= 0.6 is 0 Å². The van der Waals surface area contributed by atoms with Crippen molar-refractivity contribution in [3.05, 3.63) is 259 Å². The number of fused-ring (bicyclic) bond motifs is 3. The molecule has 10 rings (SSSR count). The average molecular weight is 714 g/mol. The molecule has 264 valence electrons. The molecule has 1 aliphatic rings. The fourth-order valence-corrected chi connectivity index (χ4v) is 8.81. The summed E-state index contributed by atoms with van der Waals surface area (Å²) in [7, 11) is 0. The van der Waals surface area contributed by atoms with E-state index >= 15 is 0 Å². The molecule has 0 heterocycles. The summed E-state index contributed by atoms with van der Waals surface area (Å²) >= 11 is 0. The van der Waals surface area contributed by atoms with Gasteiger partial charge in [0.2, 0.25) is 0 Å². The van der Waals surface area contributed by atoms with Gasteiger partial charge in [0.15, 0.2) is 0 Å². The molecule has 0 radical (unpaired) electrons. The first-order chi connectivity index (χ1) is 27.8. The molecule has 1 aliphatic carbocycles. The Hall–Kier alpha value is -7.22. The monoisotopic (exact) mass is 713 g/mol. The van der Waals surface area contributed by atoms with E-state index in [1.165, 1.54) is 66.8 Å². The van der Waals surface area contributed by atoms with Gasteiger partial charge in [-0.1, -0.05) is 206 Å². The summed E-state index contributed by atoms with van der Waals surface area (Å²) in [5.41, 5.74) is 17.6. The third-order valence-electron chi connectivity index (χ3n) is 11.4. The van der Waals surface area contributed by atoms with Gasteiger partial charge in [-0.25, -0.2) is 0 Å². The van der Waals surface area contributed by atoms with Crippen molar-refractivity contribution in [1.29, 1.82) is 0 Å². The minimum absolute atomic E-state index is 0.529. The molecule has 0 amide bonds. The van der Waals surface area contributed by atoms with Crippen LogP contribution in [0.3, 0.4) is 0 Å². The predicted molar refractivity (Wildman–Crippen MR) is 235 cm³/mol. The smallest absolute Gasteiger partial charge is 0.0714 e. The molecular formula is C55H39N. The van der Waals surface area contributed by atoms with Crippen LogP contribution in [-0.2, 0) is 5.41 Å². The Morgan fingerprint density at radius 1 is 0.268 bits per heavy atom. The largest absolute Gasteiger partial charge is 0.310 e. The zero-order valence-corrected chi connectivity index (χ0v) is 31.0. The Bertz CT molecular complexity index is 2660. The lowest BCUT2D eigenvalue weighted by Gasteiger charge is -2.34. The van der Waals surface area contributed by atoms with Crippen LogP contribution in [-0.4, -0.2) is 0 Å². The molecule has 0 saturated carbocycles. The Kier molecular flexibility index (Phi) is 8.46. The van der Waals surface area contributed by atoms with Crippen LogP contribution in [0, 0.1) is 0 Å². The number of rotatable bonds is 8. The molecule has 0 bridgehead atoms. The Balaban J connectivity index is 1.20. The second kappa shape index (κ2) is 14.2. The molecule has 1 heteroatoms. The van der Waals surface area contributed by atoms with E-state index in [2.05, 4.69) is 241 Å². The topological polar surface area (TPSA) is 3.24 Å². The molecule has 0 aromatic heterocycles. The van der Waals surface area contributed by atoms with Gasteiger partial charge < -0.3 is 4.90 Å². The van der Waals surface area contributed by atoms with Crippen LogP contribution in [0.4, 0.5) is 17.1 Å². The lowest BCUT2D eigenvalue weighted by atomic mass is 9.67. The molecule has 1 atom stereocenters. The molecule has 1 unspecified atom stereocenters. The van der Waals surface area contributed by atoms with Crippen molar-refractivity contribution < 1.29 is 0 Å². The molecule has 0 spiro atoms. The van der Waals surface area contributed by atoms with Crippen molar-refractivity contribution in [2.45, 2.75) is 5.41 Å². The van der Waals surface area contributed by atoms with Crippen LogP contribution in [0.5, 0.6) is 0 Å². The minimum Gasteiger partial charge on any atom is -0.310 e. The van der Waals surface area contributed by atoms with E-state index in [1.54, 1.807) is 0 Å². The van der Waals surface area contributed by atoms with Gasteiger partial charge in [-0.3, -0.25) is 0 Å². The second-order valence-corrected chi connectivity index (χ2v) is 14.5. The predicted octanol–water partition coefficient (Wildman–Crippen LogP) is 14.5. The van der Waals surface area contributed by atoms with E-state index in [1.807, 2.05) is 0 Å². The number of hydrogen-bond donors (Lipinski definition) is 0. The van der Waals surface area contributed by atoms with Crippen molar-refractivity contribution in [1.82, 2.24) is 0 Å². The Morgan fingerprint density at radius 2 is 0.643 bits per heavy atom. The molecular weight excluding hydrogens is 675 g/mol. The highest BCUT2D eigenvalue weighted by molar-refractivity contribution is 5.97. The molecule has 0 fully saturated rings. The van der Waals surface area contributed by atoms with Gasteiger partial charge in [-0.2, -0.15) is 0 Å². The first-order valence-electron chi connectivity index (χ1n) is 19.3. The van der Waals surface area contributed by atoms with Gasteiger partial charge in [0, 0.05) is 16.9 Å². The fourth-order valence-electron chi connectivity index (χ4n) is 8.81. The van der Waals surface area contributed by atoms with Gasteiger partial charge in [0.05, 0.1) is 11.1 Å². The maximum Gasteiger partial charge on any atom is 0.0714 e.